The van der Waals surface area contributed by atoms with E-state index in [1.807, 2.05) is 17.0 Å². The Balaban J connectivity index is 1.30. The van der Waals surface area contributed by atoms with Crippen molar-refractivity contribution >= 4 is 11.6 Å². The van der Waals surface area contributed by atoms with Gasteiger partial charge in [-0.15, -0.1) is 15.3 Å². The molecule has 0 spiro atoms. The Morgan fingerprint density at radius 1 is 1.19 bits per heavy atom. The summed E-state index contributed by atoms with van der Waals surface area (Å²) in [4.78, 5) is 19.1. The zero-order valence-corrected chi connectivity index (χ0v) is 20.4. The summed E-state index contributed by atoms with van der Waals surface area (Å²) in [5.74, 6) is 1.94. The van der Waals surface area contributed by atoms with E-state index in [1.54, 1.807) is 26.2 Å². The molecular weight excluding hydrogens is 466 g/mol. The number of ether oxygens (including phenoxy) is 3. The third-order valence-corrected chi connectivity index (χ3v) is 5.96. The molecule has 0 atom stereocenters. The van der Waals surface area contributed by atoms with E-state index in [0.29, 0.717) is 61.2 Å². The molecule has 0 aromatic carbocycles. The first-order chi connectivity index (χ1) is 17.6. The van der Waals surface area contributed by atoms with Gasteiger partial charge in [0.25, 0.3) is 5.88 Å². The maximum Gasteiger partial charge on any atom is 0.275 e. The molecule has 0 saturated carbocycles. The van der Waals surface area contributed by atoms with Crippen molar-refractivity contribution in [1.82, 2.24) is 34.9 Å². The lowest BCUT2D eigenvalue weighted by Gasteiger charge is -2.28. The summed E-state index contributed by atoms with van der Waals surface area (Å²) in [6.45, 7) is 3.81. The van der Waals surface area contributed by atoms with Gasteiger partial charge in [-0.3, -0.25) is 9.78 Å². The molecule has 1 aliphatic heterocycles. The van der Waals surface area contributed by atoms with Crippen LogP contribution in [0.25, 0.3) is 17.2 Å². The van der Waals surface area contributed by atoms with Gasteiger partial charge in [-0.05, 0) is 25.0 Å². The fourth-order valence-electron chi connectivity index (χ4n) is 4.10. The highest BCUT2D eigenvalue weighted by molar-refractivity contribution is 5.76. The molecule has 12 nitrogen and oxygen atoms in total. The number of amides is 1. The van der Waals surface area contributed by atoms with Gasteiger partial charge in [-0.1, -0.05) is 11.2 Å². The first kappa shape index (κ1) is 23.7. The van der Waals surface area contributed by atoms with E-state index in [0.717, 1.165) is 23.4 Å². The summed E-state index contributed by atoms with van der Waals surface area (Å²) in [7, 11) is 3.18. The fourth-order valence-corrected chi connectivity index (χ4v) is 4.10. The average molecular weight is 494 g/mol. The second kappa shape index (κ2) is 10.3. The van der Waals surface area contributed by atoms with E-state index in [1.165, 1.54) is 11.6 Å². The van der Waals surface area contributed by atoms with Crippen LogP contribution in [0.15, 0.2) is 28.8 Å². The van der Waals surface area contributed by atoms with Crippen LogP contribution < -0.4 is 9.47 Å². The Morgan fingerprint density at radius 3 is 2.86 bits per heavy atom. The lowest BCUT2D eigenvalue weighted by molar-refractivity contribution is -0.132. The highest BCUT2D eigenvalue weighted by Crippen LogP contribution is 2.28. The molecule has 1 amide bonds. The molecule has 5 rings (SSSR count). The van der Waals surface area contributed by atoms with Crippen molar-refractivity contribution < 1.29 is 23.5 Å². The molecule has 0 aliphatic carbocycles. The van der Waals surface area contributed by atoms with Crippen LogP contribution in [-0.4, -0.2) is 68.1 Å². The van der Waals surface area contributed by atoms with Gasteiger partial charge < -0.3 is 23.6 Å². The maximum atomic E-state index is 12.4. The number of methoxy groups -OCH3 is 2. The van der Waals surface area contributed by atoms with Crippen molar-refractivity contribution in [3.05, 3.63) is 47.0 Å². The SMILES string of the molecule is COCCCC(=O)N1CCc2nc(COc3nn4c(-c5cc(C)on5)nnc4cc3OC)ccc2C1. The minimum absolute atomic E-state index is 0.146. The van der Waals surface area contributed by atoms with Crippen molar-refractivity contribution in [3.63, 3.8) is 0 Å². The monoisotopic (exact) mass is 493 g/mol. The summed E-state index contributed by atoms with van der Waals surface area (Å²) < 4.78 is 23.2. The van der Waals surface area contributed by atoms with Crippen molar-refractivity contribution in [2.24, 2.45) is 0 Å². The summed E-state index contributed by atoms with van der Waals surface area (Å²) >= 11 is 0. The zero-order chi connectivity index (χ0) is 25.1. The van der Waals surface area contributed by atoms with Crippen molar-refractivity contribution in [3.8, 4) is 23.1 Å². The van der Waals surface area contributed by atoms with E-state index in [9.17, 15) is 4.79 Å². The van der Waals surface area contributed by atoms with Crippen LogP contribution in [0, 0.1) is 6.92 Å². The summed E-state index contributed by atoms with van der Waals surface area (Å²) in [6, 6.07) is 7.37. The summed E-state index contributed by atoms with van der Waals surface area (Å²) in [5, 5.41) is 16.9. The smallest absolute Gasteiger partial charge is 0.275 e. The van der Waals surface area contributed by atoms with Gasteiger partial charge in [0.2, 0.25) is 11.7 Å². The van der Waals surface area contributed by atoms with Gasteiger partial charge in [-0.2, -0.15) is 4.52 Å². The molecule has 0 N–H and O–H groups in total. The minimum atomic E-state index is 0.146. The van der Waals surface area contributed by atoms with Crippen LogP contribution >= 0.6 is 0 Å². The Morgan fingerprint density at radius 2 is 2.08 bits per heavy atom. The number of nitrogens with zero attached hydrogens (tertiary/aromatic N) is 7. The van der Waals surface area contributed by atoms with Gasteiger partial charge in [0, 0.05) is 57.5 Å². The molecule has 1 aliphatic rings. The number of aromatic nitrogens is 6. The predicted octanol–water partition coefficient (Wildman–Crippen LogP) is 2.38. The second-order valence-corrected chi connectivity index (χ2v) is 8.49. The first-order valence-electron chi connectivity index (χ1n) is 11.7. The first-order valence-corrected chi connectivity index (χ1v) is 11.7. The van der Waals surface area contributed by atoms with Crippen LogP contribution in [0.3, 0.4) is 0 Å². The number of rotatable bonds is 9. The van der Waals surface area contributed by atoms with E-state index in [2.05, 4.69) is 20.5 Å². The van der Waals surface area contributed by atoms with Gasteiger partial charge in [-0.25, -0.2) is 0 Å². The number of pyridine rings is 1. The molecule has 0 bridgehead atoms. The molecule has 0 unspecified atom stereocenters. The lowest BCUT2D eigenvalue weighted by Crippen LogP contribution is -2.36. The van der Waals surface area contributed by atoms with Crippen LogP contribution in [0.4, 0.5) is 0 Å². The third kappa shape index (κ3) is 4.85. The standard InChI is InChI=1S/C24H27N7O5/c1-15-11-19(29-36-15)23-27-26-21-12-20(34-3)24(28-31(21)23)35-14-17-7-6-16-13-30(9-8-18(16)25-17)22(32)5-4-10-33-2/h6-7,11-12H,4-5,8-10,13-14H2,1-3H3. The van der Waals surface area contributed by atoms with Gasteiger partial charge >= 0.3 is 0 Å². The Kier molecular flexibility index (Phi) is 6.76. The normalized spacial score (nSPS) is 13.1. The molecule has 4 aromatic heterocycles. The molecule has 0 fully saturated rings. The molecule has 36 heavy (non-hydrogen) atoms. The van der Waals surface area contributed by atoms with Crippen LogP contribution in [-0.2, 0) is 29.1 Å². The van der Waals surface area contributed by atoms with E-state index in [4.69, 9.17) is 23.7 Å². The summed E-state index contributed by atoms with van der Waals surface area (Å²) in [6.07, 6.45) is 1.92. The van der Waals surface area contributed by atoms with Gasteiger partial charge in [0.15, 0.2) is 17.1 Å². The molecule has 188 valence electrons. The maximum absolute atomic E-state index is 12.4. The minimum Gasteiger partial charge on any atom is -0.491 e. The van der Waals surface area contributed by atoms with Gasteiger partial charge in [0.1, 0.15) is 12.4 Å². The number of fused-ring (bicyclic) bond motifs is 2. The molecule has 4 aromatic rings. The number of hydrogen-bond acceptors (Lipinski definition) is 10. The quantitative estimate of drug-likeness (QED) is 0.320. The predicted molar refractivity (Wildman–Crippen MR) is 126 cm³/mol. The highest BCUT2D eigenvalue weighted by Gasteiger charge is 2.22. The largest absolute Gasteiger partial charge is 0.491 e. The van der Waals surface area contributed by atoms with Gasteiger partial charge in [0.05, 0.1) is 12.8 Å². The Labute approximate surface area is 207 Å². The molecule has 5 heterocycles. The van der Waals surface area contributed by atoms with Crippen LogP contribution in [0.5, 0.6) is 11.6 Å². The lowest BCUT2D eigenvalue weighted by atomic mass is 10.0. The molecule has 12 heteroatoms. The Bertz CT molecular complexity index is 1380. The number of carbonyl (C=O) groups is 1. The van der Waals surface area contributed by atoms with E-state index >= 15 is 0 Å². The Hall–Kier alpha value is -4.06. The number of hydrogen-bond donors (Lipinski definition) is 0. The van der Waals surface area contributed by atoms with Crippen LogP contribution in [0.1, 0.15) is 35.6 Å². The average Bonchev–Trinajstić information content (AvgIpc) is 3.51. The number of aryl methyl sites for hydroxylation is 1. The van der Waals surface area contributed by atoms with Crippen molar-refractivity contribution in [2.45, 2.75) is 39.3 Å². The summed E-state index contributed by atoms with van der Waals surface area (Å²) in [5.41, 5.74) is 3.80. The highest BCUT2D eigenvalue weighted by atomic mass is 16.5. The molecule has 0 saturated heterocycles. The van der Waals surface area contributed by atoms with Crippen LogP contribution in [0.2, 0.25) is 0 Å². The zero-order valence-electron chi connectivity index (χ0n) is 20.4. The third-order valence-electron chi connectivity index (χ3n) is 5.96. The molecular formula is C24H27N7O5. The van der Waals surface area contributed by atoms with E-state index < -0.39 is 0 Å². The van der Waals surface area contributed by atoms with Crippen molar-refractivity contribution in [1.29, 1.82) is 0 Å². The number of carbonyl (C=O) groups excluding carboxylic acids is 1. The van der Waals surface area contributed by atoms with Crippen molar-refractivity contribution in [2.75, 3.05) is 27.4 Å². The second-order valence-electron chi connectivity index (χ2n) is 8.49. The van der Waals surface area contributed by atoms with E-state index in [-0.39, 0.29) is 18.4 Å². The fraction of sp³-hybridized carbons (Fsp3) is 0.417. The molecule has 0 radical (unpaired) electrons. The topological polar surface area (TPSA) is 130 Å².